The molecule has 0 saturated heterocycles. The molecule has 14 heavy (non-hydrogen) atoms. The Balaban J connectivity index is 2.89. The lowest BCUT2D eigenvalue weighted by Gasteiger charge is -2.05. The van der Waals surface area contributed by atoms with Crippen LogP contribution in [0.1, 0.15) is 6.92 Å². The van der Waals surface area contributed by atoms with Crippen molar-refractivity contribution >= 4 is 27.0 Å². The maximum absolute atomic E-state index is 11.5. The molecule has 2 aromatic rings. The summed E-state index contributed by atoms with van der Waals surface area (Å²) in [5, 5.41) is 0.973. The maximum atomic E-state index is 11.5. The van der Waals surface area contributed by atoms with Crippen LogP contribution in [0.5, 0.6) is 0 Å². The van der Waals surface area contributed by atoms with Crippen molar-refractivity contribution in [1.29, 1.82) is 0 Å². The Morgan fingerprint density at radius 3 is 3.00 bits per heavy atom. The van der Waals surface area contributed by atoms with Crippen molar-refractivity contribution in [2.24, 2.45) is 0 Å². The van der Waals surface area contributed by atoms with E-state index >= 15 is 0 Å². The number of aromatic nitrogens is 2. The predicted molar refractivity (Wildman–Crippen MR) is 59.4 cm³/mol. The minimum absolute atomic E-state index is 0.00479. The largest absolute Gasteiger partial charge is 0.293 e. The number of fused-ring (bicyclic) bond motifs is 1. The average Bonchev–Trinajstić information content (AvgIpc) is 2.18. The highest BCUT2D eigenvalue weighted by molar-refractivity contribution is 9.10. The molecule has 2 heterocycles. The van der Waals surface area contributed by atoms with Crippen LogP contribution in [0.2, 0.25) is 0 Å². The minimum atomic E-state index is -0.00479. The molecule has 0 aliphatic heterocycles. The van der Waals surface area contributed by atoms with E-state index in [9.17, 15) is 4.79 Å². The molecule has 0 unspecified atom stereocenters. The van der Waals surface area contributed by atoms with Crippen LogP contribution >= 0.6 is 15.9 Å². The van der Waals surface area contributed by atoms with E-state index in [0.717, 1.165) is 15.5 Å². The van der Waals surface area contributed by atoms with Crippen molar-refractivity contribution in [3.05, 3.63) is 39.2 Å². The Labute approximate surface area is 89.5 Å². The molecular formula is C10H9BrN2O. The normalized spacial score (nSPS) is 10.7. The summed E-state index contributed by atoms with van der Waals surface area (Å²) in [5.41, 5.74) is 0.734. The first-order chi connectivity index (χ1) is 6.72. The van der Waals surface area contributed by atoms with Gasteiger partial charge in [-0.1, -0.05) is 0 Å². The van der Waals surface area contributed by atoms with E-state index in [4.69, 9.17) is 0 Å². The van der Waals surface area contributed by atoms with Gasteiger partial charge in [0.15, 0.2) is 0 Å². The van der Waals surface area contributed by atoms with Crippen LogP contribution in [0.15, 0.2) is 33.7 Å². The van der Waals surface area contributed by atoms with Gasteiger partial charge in [0, 0.05) is 28.7 Å². The van der Waals surface area contributed by atoms with Crippen molar-refractivity contribution in [3.63, 3.8) is 0 Å². The van der Waals surface area contributed by atoms with Gasteiger partial charge in [0.05, 0.1) is 0 Å². The van der Waals surface area contributed by atoms with Crippen molar-refractivity contribution in [2.75, 3.05) is 0 Å². The summed E-state index contributed by atoms with van der Waals surface area (Å²) in [6.07, 6.45) is 1.70. The van der Waals surface area contributed by atoms with Crippen LogP contribution in [0.4, 0.5) is 0 Å². The summed E-state index contributed by atoms with van der Waals surface area (Å²) >= 11 is 3.35. The molecule has 72 valence electrons. The zero-order chi connectivity index (χ0) is 10.1. The van der Waals surface area contributed by atoms with Gasteiger partial charge < -0.3 is 0 Å². The number of aryl methyl sites for hydroxylation is 1. The van der Waals surface area contributed by atoms with Gasteiger partial charge in [-0.15, -0.1) is 0 Å². The molecule has 0 amide bonds. The first-order valence-electron chi connectivity index (χ1n) is 4.37. The molecule has 0 saturated carbocycles. The summed E-state index contributed by atoms with van der Waals surface area (Å²) < 4.78 is 2.58. The van der Waals surface area contributed by atoms with Gasteiger partial charge in [0.1, 0.15) is 5.65 Å². The minimum Gasteiger partial charge on any atom is -0.293 e. The third-order valence-corrected chi connectivity index (χ3v) is 2.54. The van der Waals surface area contributed by atoms with E-state index in [0.29, 0.717) is 6.54 Å². The molecule has 0 radical (unpaired) electrons. The molecule has 0 aromatic carbocycles. The summed E-state index contributed by atoms with van der Waals surface area (Å²) in [4.78, 5) is 15.7. The molecule has 0 aliphatic carbocycles. The third-order valence-electron chi connectivity index (χ3n) is 2.11. The summed E-state index contributed by atoms with van der Waals surface area (Å²) in [6.45, 7) is 2.58. The highest BCUT2D eigenvalue weighted by Crippen LogP contribution is 2.15. The van der Waals surface area contributed by atoms with E-state index in [2.05, 4.69) is 20.9 Å². The Morgan fingerprint density at radius 2 is 2.29 bits per heavy atom. The third kappa shape index (κ3) is 1.46. The number of rotatable bonds is 1. The van der Waals surface area contributed by atoms with Crippen LogP contribution in [-0.4, -0.2) is 9.55 Å². The standard InChI is InChI=1S/C10H9BrN2O/c1-2-13-9(14)4-3-7-5-8(11)6-12-10(7)13/h3-6H,2H2,1H3. The molecule has 0 aliphatic rings. The second kappa shape index (κ2) is 3.53. The Bertz CT molecular complexity index is 533. The van der Waals surface area contributed by atoms with E-state index < -0.39 is 0 Å². The van der Waals surface area contributed by atoms with Gasteiger partial charge in [-0.3, -0.25) is 9.36 Å². The highest BCUT2D eigenvalue weighted by atomic mass is 79.9. The van der Waals surface area contributed by atoms with Gasteiger partial charge in [0.2, 0.25) is 0 Å². The quantitative estimate of drug-likeness (QED) is 0.780. The van der Waals surface area contributed by atoms with E-state index in [1.165, 1.54) is 0 Å². The van der Waals surface area contributed by atoms with Crippen molar-refractivity contribution < 1.29 is 0 Å². The molecule has 0 N–H and O–H groups in total. The zero-order valence-corrected chi connectivity index (χ0v) is 9.28. The van der Waals surface area contributed by atoms with E-state index in [1.807, 2.05) is 13.0 Å². The Morgan fingerprint density at radius 1 is 1.50 bits per heavy atom. The molecule has 0 bridgehead atoms. The maximum Gasteiger partial charge on any atom is 0.252 e. The van der Waals surface area contributed by atoms with Crippen LogP contribution in [0.25, 0.3) is 11.0 Å². The highest BCUT2D eigenvalue weighted by Gasteiger charge is 2.02. The molecule has 0 atom stereocenters. The van der Waals surface area contributed by atoms with Gasteiger partial charge in [-0.25, -0.2) is 4.98 Å². The number of halogens is 1. The van der Waals surface area contributed by atoms with Crippen molar-refractivity contribution in [1.82, 2.24) is 9.55 Å². The molecular weight excluding hydrogens is 244 g/mol. The fraction of sp³-hybridized carbons (Fsp3) is 0.200. The molecule has 0 spiro atoms. The molecule has 2 rings (SSSR count). The van der Waals surface area contributed by atoms with Crippen molar-refractivity contribution in [2.45, 2.75) is 13.5 Å². The number of hydrogen-bond donors (Lipinski definition) is 0. The second-order valence-electron chi connectivity index (χ2n) is 2.98. The van der Waals surface area contributed by atoms with Crippen LogP contribution in [-0.2, 0) is 6.54 Å². The zero-order valence-electron chi connectivity index (χ0n) is 7.70. The number of pyridine rings is 2. The van der Waals surface area contributed by atoms with Crippen molar-refractivity contribution in [3.8, 4) is 0 Å². The monoisotopic (exact) mass is 252 g/mol. The SMILES string of the molecule is CCn1c(=O)ccc2cc(Br)cnc21. The lowest BCUT2D eigenvalue weighted by molar-refractivity contribution is 0.750. The summed E-state index contributed by atoms with van der Waals surface area (Å²) in [6, 6.07) is 5.31. The molecule has 4 heteroatoms. The molecule has 2 aromatic heterocycles. The predicted octanol–water partition coefficient (Wildman–Crippen LogP) is 2.18. The fourth-order valence-corrected chi connectivity index (χ4v) is 1.81. The lowest BCUT2D eigenvalue weighted by Crippen LogP contribution is -2.18. The Hall–Kier alpha value is -1.16. The molecule has 0 fully saturated rings. The smallest absolute Gasteiger partial charge is 0.252 e. The summed E-state index contributed by atoms with van der Waals surface area (Å²) in [5.74, 6) is 0. The van der Waals surface area contributed by atoms with Crippen LogP contribution in [0, 0.1) is 0 Å². The van der Waals surface area contributed by atoms with E-state index in [1.54, 1.807) is 22.9 Å². The lowest BCUT2D eigenvalue weighted by atomic mass is 10.3. The van der Waals surface area contributed by atoms with E-state index in [-0.39, 0.29) is 5.56 Å². The topological polar surface area (TPSA) is 34.9 Å². The molecule has 3 nitrogen and oxygen atoms in total. The van der Waals surface area contributed by atoms with Crippen LogP contribution in [0.3, 0.4) is 0 Å². The van der Waals surface area contributed by atoms with Gasteiger partial charge in [-0.2, -0.15) is 0 Å². The first kappa shape index (κ1) is 9.40. The first-order valence-corrected chi connectivity index (χ1v) is 5.17. The number of nitrogens with zero attached hydrogens (tertiary/aromatic N) is 2. The average molecular weight is 253 g/mol. The Kier molecular flexibility index (Phi) is 2.37. The van der Waals surface area contributed by atoms with Crippen LogP contribution < -0.4 is 5.56 Å². The summed E-state index contributed by atoms with van der Waals surface area (Å²) in [7, 11) is 0. The van der Waals surface area contributed by atoms with Gasteiger partial charge in [0.25, 0.3) is 5.56 Å². The number of hydrogen-bond acceptors (Lipinski definition) is 2. The fourth-order valence-electron chi connectivity index (χ4n) is 1.46. The second-order valence-corrected chi connectivity index (χ2v) is 3.90. The van der Waals surface area contributed by atoms with Gasteiger partial charge >= 0.3 is 0 Å². The van der Waals surface area contributed by atoms with Gasteiger partial charge in [-0.05, 0) is 35.0 Å².